The average Bonchev–Trinajstić information content (AvgIpc) is 3.11. The van der Waals surface area contributed by atoms with Gasteiger partial charge < -0.3 is 4.90 Å². The molecular formula is C19H18ClN2S2+. The van der Waals surface area contributed by atoms with E-state index in [0.717, 1.165) is 18.1 Å². The molecule has 0 fully saturated rings. The predicted molar refractivity (Wildman–Crippen MR) is 106 cm³/mol. The van der Waals surface area contributed by atoms with Gasteiger partial charge in [0, 0.05) is 22.5 Å². The second-order valence-corrected chi connectivity index (χ2v) is 8.15. The molecule has 0 atom stereocenters. The lowest BCUT2D eigenvalue weighted by Gasteiger charge is -2.17. The topological polar surface area (TPSA) is 7.12 Å². The van der Waals surface area contributed by atoms with Gasteiger partial charge in [0.1, 0.15) is 11.2 Å². The Bertz CT molecular complexity index is 946. The van der Waals surface area contributed by atoms with Crippen LogP contribution in [0, 0.1) is 0 Å². The number of benzene rings is 2. The van der Waals surface area contributed by atoms with Crippen molar-refractivity contribution in [3.05, 3.63) is 57.5 Å². The van der Waals surface area contributed by atoms with Crippen molar-refractivity contribution in [1.82, 2.24) is 0 Å². The number of hydrogen-bond donors (Lipinski definition) is 0. The van der Waals surface area contributed by atoms with Crippen molar-refractivity contribution >= 4 is 56.7 Å². The molecule has 0 saturated carbocycles. The molecule has 0 amide bonds. The molecule has 122 valence electrons. The number of thiazole rings is 1. The Morgan fingerprint density at radius 3 is 2.79 bits per heavy atom. The van der Waals surface area contributed by atoms with E-state index in [0.29, 0.717) is 0 Å². The monoisotopic (exact) mass is 373 g/mol. The first kappa shape index (κ1) is 16.0. The van der Waals surface area contributed by atoms with Gasteiger partial charge in [0.2, 0.25) is 5.52 Å². The van der Waals surface area contributed by atoms with Crippen molar-refractivity contribution in [2.24, 2.45) is 0 Å². The normalized spacial score (nSPS) is 15.5. The van der Waals surface area contributed by atoms with Gasteiger partial charge in [-0.25, -0.2) is 0 Å². The molecule has 2 nitrogen and oxygen atoms in total. The Kier molecular flexibility index (Phi) is 4.29. The summed E-state index contributed by atoms with van der Waals surface area (Å²) in [5.74, 6) is 0. The third kappa shape index (κ3) is 2.63. The number of halogens is 1. The predicted octanol–water partition coefficient (Wildman–Crippen LogP) is 5.79. The van der Waals surface area contributed by atoms with Gasteiger partial charge in [-0.2, -0.15) is 4.57 Å². The molecule has 1 aromatic heterocycles. The molecule has 0 unspecified atom stereocenters. The second kappa shape index (κ2) is 6.43. The van der Waals surface area contributed by atoms with Crippen molar-refractivity contribution in [2.75, 3.05) is 11.4 Å². The molecule has 0 bridgehead atoms. The van der Waals surface area contributed by atoms with Crippen LogP contribution < -0.4 is 9.47 Å². The molecule has 3 aromatic rings. The van der Waals surface area contributed by atoms with Crippen LogP contribution in [0.15, 0.2) is 52.4 Å². The minimum Gasteiger partial charge on any atom is -0.335 e. The molecule has 1 aliphatic rings. The number of aromatic nitrogens is 1. The lowest BCUT2D eigenvalue weighted by atomic mass is 10.3. The van der Waals surface area contributed by atoms with Crippen molar-refractivity contribution in [3.8, 4) is 0 Å². The highest BCUT2D eigenvalue weighted by molar-refractivity contribution is 8.03. The standard InChI is InChI=1S/C19H18ClN2S2/c1-3-21-14-7-5-6-8-16(14)23-18(21)12-19-22(4-2)15-11-13(20)9-10-17(15)24-19/h5-12H,3-4H2,1-2H3/q+1. The van der Waals surface area contributed by atoms with Crippen LogP contribution in [0.2, 0.25) is 5.02 Å². The minimum atomic E-state index is 0.791. The summed E-state index contributed by atoms with van der Waals surface area (Å²) in [7, 11) is 0. The largest absolute Gasteiger partial charge is 0.335 e. The Labute approximate surface area is 155 Å². The summed E-state index contributed by atoms with van der Waals surface area (Å²) >= 11 is 9.87. The molecule has 0 saturated heterocycles. The molecule has 5 heteroatoms. The van der Waals surface area contributed by atoms with Crippen LogP contribution in [0.1, 0.15) is 18.9 Å². The summed E-state index contributed by atoms with van der Waals surface area (Å²) in [5.41, 5.74) is 2.52. The summed E-state index contributed by atoms with van der Waals surface area (Å²) in [6.45, 7) is 6.29. The Hall–Kier alpha value is -1.49. The second-order valence-electron chi connectivity index (χ2n) is 5.59. The minimum absolute atomic E-state index is 0.791. The van der Waals surface area contributed by atoms with Crippen LogP contribution in [0.25, 0.3) is 16.3 Å². The molecule has 4 rings (SSSR count). The van der Waals surface area contributed by atoms with Gasteiger partial charge in [0.25, 0.3) is 5.01 Å². The summed E-state index contributed by atoms with van der Waals surface area (Å²) in [6.07, 6.45) is 2.32. The number of nitrogens with zero attached hydrogens (tertiary/aromatic N) is 2. The van der Waals surface area contributed by atoms with Gasteiger partial charge in [-0.15, -0.1) is 0 Å². The van der Waals surface area contributed by atoms with Crippen LogP contribution in [-0.4, -0.2) is 6.54 Å². The number of rotatable bonds is 3. The zero-order chi connectivity index (χ0) is 16.7. The van der Waals surface area contributed by atoms with Crippen LogP contribution >= 0.6 is 34.7 Å². The van der Waals surface area contributed by atoms with E-state index in [-0.39, 0.29) is 0 Å². The van der Waals surface area contributed by atoms with E-state index in [4.69, 9.17) is 11.6 Å². The smallest absolute Gasteiger partial charge is 0.265 e. The van der Waals surface area contributed by atoms with Crippen molar-refractivity contribution in [2.45, 2.75) is 25.3 Å². The van der Waals surface area contributed by atoms with E-state index < -0.39 is 0 Å². The number of anilines is 1. The first-order chi connectivity index (χ1) is 11.7. The maximum atomic E-state index is 6.20. The first-order valence-corrected chi connectivity index (χ1v) is 10.1. The van der Waals surface area contributed by atoms with Crippen LogP contribution in [0.4, 0.5) is 5.69 Å². The lowest BCUT2D eigenvalue weighted by molar-refractivity contribution is -0.665. The van der Waals surface area contributed by atoms with Crippen LogP contribution in [0.5, 0.6) is 0 Å². The van der Waals surface area contributed by atoms with Crippen LogP contribution in [-0.2, 0) is 6.54 Å². The van der Waals surface area contributed by atoms with E-state index in [2.05, 4.69) is 65.8 Å². The van der Waals surface area contributed by atoms with Gasteiger partial charge in [0.15, 0.2) is 0 Å². The third-order valence-electron chi connectivity index (χ3n) is 4.21. The van der Waals surface area contributed by atoms with Crippen molar-refractivity contribution < 1.29 is 4.57 Å². The molecule has 0 radical (unpaired) electrons. The lowest BCUT2D eigenvalue weighted by Crippen LogP contribution is -2.33. The van der Waals surface area contributed by atoms with Gasteiger partial charge in [-0.1, -0.05) is 46.8 Å². The Balaban J connectivity index is 1.82. The van der Waals surface area contributed by atoms with Gasteiger partial charge in [0.05, 0.1) is 16.8 Å². The molecule has 2 aromatic carbocycles. The number of para-hydroxylation sites is 1. The van der Waals surface area contributed by atoms with Crippen molar-refractivity contribution in [3.63, 3.8) is 0 Å². The molecule has 1 aliphatic heterocycles. The Morgan fingerprint density at radius 1 is 1.17 bits per heavy atom. The number of fused-ring (bicyclic) bond motifs is 2. The van der Waals surface area contributed by atoms with E-state index in [9.17, 15) is 0 Å². The fourth-order valence-corrected chi connectivity index (χ4v) is 5.65. The maximum absolute atomic E-state index is 6.20. The van der Waals surface area contributed by atoms with E-state index in [1.54, 1.807) is 0 Å². The number of thioether (sulfide) groups is 1. The maximum Gasteiger partial charge on any atom is 0.265 e. The van der Waals surface area contributed by atoms with Crippen molar-refractivity contribution in [1.29, 1.82) is 0 Å². The Morgan fingerprint density at radius 2 is 2.00 bits per heavy atom. The number of hydrogen-bond acceptors (Lipinski definition) is 3. The SMILES string of the molecule is CCN1/C(=C/c2sc3ccccc3[n+]2CC)Sc2ccc(Cl)cc21. The highest BCUT2D eigenvalue weighted by Gasteiger charge is 2.26. The zero-order valence-corrected chi connectivity index (χ0v) is 16.0. The highest BCUT2D eigenvalue weighted by Crippen LogP contribution is 2.47. The summed E-state index contributed by atoms with van der Waals surface area (Å²) < 4.78 is 3.72. The number of aryl methyl sites for hydroxylation is 1. The fourth-order valence-electron chi connectivity index (χ4n) is 3.10. The molecule has 2 heterocycles. The van der Waals surface area contributed by atoms with E-state index in [1.165, 1.54) is 30.8 Å². The first-order valence-electron chi connectivity index (χ1n) is 8.09. The van der Waals surface area contributed by atoms with Crippen LogP contribution in [0.3, 0.4) is 0 Å². The van der Waals surface area contributed by atoms with E-state index >= 15 is 0 Å². The highest BCUT2D eigenvalue weighted by atomic mass is 35.5. The fraction of sp³-hybridized carbons (Fsp3) is 0.211. The molecular weight excluding hydrogens is 356 g/mol. The summed E-state index contributed by atoms with van der Waals surface area (Å²) in [5, 5.41) is 3.35. The average molecular weight is 374 g/mol. The molecule has 0 N–H and O–H groups in total. The van der Waals surface area contributed by atoms with E-state index in [1.807, 2.05) is 29.2 Å². The van der Waals surface area contributed by atoms with Gasteiger partial charge in [-0.05, 0) is 38.1 Å². The third-order valence-corrected chi connectivity index (χ3v) is 6.67. The molecule has 0 spiro atoms. The zero-order valence-electron chi connectivity index (χ0n) is 13.6. The van der Waals surface area contributed by atoms with Gasteiger partial charge >= 0.3 is 0 Å². The quantitative estimate of drug-likeness (QED) is 0.536. The molecule has 0 aliphatic carbocycles. The summed E-state index contributed by atoms with van der Waals surface area (Å²) in [6, 6.07) is 14.8. The van der Waals surface area contributed by atoms with Gasteiger partial charge in [-0.3, -0.25) is 0 Å². The molecule has 24 heavy (non-hydrogen) atoms. The summed E-state index contributed by atoms with van der Waals surface area (Å²) in [4.78, 5) is 3.62.